The van der Waals surface area contributed by atoms with Crippen molar-refractivity contribution in [1.29, 1.82) is 0 Å². The summed E-state index contributed by atoms with van der Waals surface area (Å²) in [5.74, 6) is 1.00. The van der Waals surface area contributed by atoms with E-state index in [9.17, 15) is 18.0 Å². The summed E-state index contributed by atoms with van der Waals surface area (Å²) in [6.07, 6.45) is -1.83. The number of aromatic nitrogens is 1. The summed E-state index contributed by atoms with van der Waals surface area (Å²) >= 11 is 0. The van der Waals surface area contributed by atoms with E-state index >= 15 is 0 Å². The van der Waals surface area contributed by atoms with Crippen molar-refractivity contribution >= 4 is 11.7 Å². The van der Waals surface area contributed by atoms with Crippen LogP contribution in [0.3, 0.4) is 0 Å². The van der Waals surface area contributed by atoms with Crippen molar-refractivity contribution in [3.8, 4) is 0 Å². The largest absolute Gasteiger partial charge is 0.433 e. The molecule has 0 spiro atoms. The maximum absolute atomic E-state index is 13.1. The molecule has 0 aromatic carbocycles. The summed E-state index contributed by atoms with van der Waals surface area (Å²) in [6, 6.07) is 3.71. The molecule has 1 unspecified atom stereocenters. The van der Waals surface area contributed by atoms with Crippen molar-refractivity contribution in [1.82, 2.24) is 9.88 Å². The van der Waals surface area contributed by atoms with Crippen molar-refractivity contribution in [2.24, 2.45) is 23.5 Å². The summed E-state index contributed by atoms with van der Waals surface area (Å²) in [4.78, 5) is 20.1. The van der Waals surface area contributed by atoms with E-state index < -0.39 is 11.9 Å². The molecule has 2 N–H and O–H groups in total. The third-order valence-corrected chi connectivity index (χ3v) is 6.91. The molecule has 4 atom stereocenters. The Bertz CT molecular complexity index is 754. The van der Waals surface area contributed by atoms with Gasteiger partial charge in [0.2, 0.25) is 5.91 Å². The number of anilines is 1. The quantitative estimate of drug-likeness (QED) is 0.776. The van der Waals surface area contributed by atoms with Gasteiger partial charge < -0.3 is 10.6 Å². The lowest BCUT2D eigenvalue weighted by atomic mass is 9.83. The number of hydrogen-bond donors (Lipinski definition) is 1. The number of fused-ring (bicyclic) bond motifs is 1. The first-order chi connectivity index (χ1) is 13.4. The molecule has 1 aromatic heterocycles. The Morgan fingerprint density at radius 2 is 2.07 bits per heavy atom. The highest BCUT2D eigenvalue weighted by molar-refractivity contribution is 5.80. The second kappa shape index (κ2) is 7.78. The van der Waals surface area contributed by atoms with E-state index in [1.165, 1.54) is 6.07 Å². The molecule has 1 saturated carbocycles. The number of nitrogens with zero attached hydrogens (tertiary/aromatic N) is 3. The fourth-order valence-corrected chi connectivity index (χ4v) is 5.18. The zero-order chi connectivity index (χ0) is 21.6. The van der Waals surface area contributed by atoms with Crippen LogP contribution in [0.1, 0.15) is 45.7 Å². The van der Waals surface area contributed by atoms with Crippen LogP contribution in [0.25, 0.3) is 0 Å². The minimum Gasteiger partial charge on any atom is -0.368 e. The molecule has 1 aliphatic heterocycles. The van der Waals surface area contributed by atoms with E-state index in [0.29, 0.717) is 37.2 Å². The van der Waals surface area contributed by atoms with Crippen molar-refractivity contribution in [3.05, 3.63) is 23.9 Å². The summed E-state index contributed by atoms with van der Waals surface area (Å²) < 4.78 is 39.2. The molecule has 1 aliphatic carbocycles. The summed E-state index contributed by atoms with van der Waals surface area (Å²) in [6.45, 7) is 7.62. The number of halogens is 3. The van der Waals surface area contributed by atoms with E-state index in [1.807, 2.05) is 11.9 Å². The first-order valence-electron chi connectivity index (χ1n) is 10.2. The number of carbonyl (C=O) groups is 1. The van der Waals surface area contributed by atoms with E-state index in [0.717, 1.165) is 18.9 Å². The molecule has 0 bridgehead atoms. The van der Waals surface area contributed by atoms with E-state index in [4.69, 9.17) is 5.73 Å². The van der Waals surface area contributed by atoms with Crippen LogP contribution in [-0.4, -0.2) is 47.5 Å². The molecule has 1 amide bonds. The maximum atomic E-state index is 13.1. The molecule has 1 saturated heterocycles. The SMILES string of the molecule is CC(C)C[C@@H](C(N)=O)N(C)C1(C)CC[C@@H]2CN(c3cccc(C(F)(F)F)n3)C[C@@H]21. The monoisotopic (exact) mass is 412 g/mol. The zero-order valence-electron chi connectivity index (χ0n) is 17.5. The van der Waals surface area contributed by atoms with E-state index in [1.54, 1.807) is 6.07 Å². The van der Waals surface area contributed by atoms with Crippen LogP contribution in [0.2, 0.25) is 0 Å². The van der Waals surface area contributed by atoms with Crippen LogP contribution >= 0.6 is 0 Å². The van der Waals surface area contributed by atoms with Crippen LogP contribution < -0.4 is 10.6 Å². The third-order valence-electron chi connectivity index (χ3n) is 6.91. The normalized spacial score (nSPS) is 28.2. The minimum absolute atomic E-state index is 0.227. The third kappa shape index (κ3) is 4.22. The molecule has 162 valence electrons. The van der Waals surface area contributed by atoms with E-state index in [2.05, 4.69) is 30.7 Å². The molecule has 2 fully saturated rings. The van der Waals surface area contributed by atoms with Gasteiger partial charge in [-0.1, -0.05) is 19.9 Å². The highest BCUT2D eigenvalue weighted by Gasteiger charge is 2.53. The van der Waals surface area contributed by atoms with Gasteiger partial charge in [0, 0.05) is 18.6 Å². The first-order valence-corrected chi connectivity index (χ1v) is 10.2. The van der Waals surface area contributed by atoms with Crippen LogP contribution in [0.15, 0.2) is 18.2 Å². The van der Waals surface area contributed by atoms with Gasteiger partial charge in [-0.2, -0.15) is 13.2 Å². The van der Waals surface area contributed by atoms with Gasteiger partial charge in [0.05, 0.1) is 6.04 Å². The fourth-order valence-electron chi connectivity index (χ4n) is 5.18. The second-order valence-electron chi connectivity index (χ2n) is 9.20. The maximum Gasteiger partial charge on any atom is 0.433 e. The van der Waals surface area contributed by atoms with Gasteiger partial charge in [0.1, 0.15) is 11.5 Å². The fraction of sp³-hybridized carbons (Fsp3) is 0.714. The van der Waals surface area contributed by atoms with Crippen LogP contribution in [0, 0.1) is 17.8 Å². The van der Waals surface area contributed by atoms with Crippen molar-refractivity contribution in [3.63, 3.8) is 0 Å². The van der Waals surface area contributed by atoms with Crippen LogP contribution in [0.5, 0.6) is 0 Å². The van der Waals surface area contributed by atoms with Gasteiger partial charge in [0.15, 0.2) is 0 Å². The average molecular weight is 412 g/mol. The molecule has 0 radical (unpaired) electrons. The molecular formula is C21H31F3N4O. The molecule has 2 aliphatic rings. The molecule has 29 heavy (non-hydrogen) atoms. The number of pyridine rings is 1. The number of hydrogen-bond acceptors (Lipinski definition) is 4. The van der Waals surface area contributed by atoms with Crippen molar-refractivity contribution in [2.75, 3.05) is 25.0 Å². The number of alkyl halides is 3. The number of likely N-dealkylation sites (N-methyl/N-ethyl adjacent to an activating group) is 1. The lowest BCUT2D eigenvalue weighted by Crippen LogP contribution is -2.57. The number of amides is 1. The Morgan fingerprint density at radius 1 is 1.38 bits per heavy atom. The molecule has 1 aromatic rings. The van der Waals surface area contributed by atoms with Crippen LogP contribution in [-0.2, 0) is 11.0 Å². The Hall–Kier alpha value is -1.83. The number of rotatable bonds is 6. The standard InChI is InChI=1S/C21H31F3N4O/c1-13(2)10-16(19(25)29)27(4)20(3)9-8-14-11-28(12-15(14)20)18-7-5-6-17(26-18)21(22,23)24/h5-7,13-16H,8-12H2,1-4H3,(H2,25,29)/t14-,15+,16+,20?/m1/s1. The van der Waals surface area contributed by atoms with Gasteiger partial charge in [-0.25, -0.2) is 4.98 Å². The van der Waals surface area contributed by atoms with Gasteiger partial charge in [-0.15, -0.1) is 0 Å². The van der Waals surface area contributed by atoms with Crippen LogP contribution in [0.4, 0.5) is 19.0 Å². The van der Waals surface area contributed by atoms with Crippen molar-refractivity contribution < 1.29 is 18.0 Å². The smallest absolute Gasteiger partial charge is 0.368 e. The Balaban J connectivity index is 1.81. The van der Waals surface area contributed by atoms with Gasteiger partial charge >= 0.3 is 6.18 Å². The molecule has 2 heterocycles. The lowest BCUT2D eigenvalue weighted by Gasteiger charge is -2.44. The molecule has 5 nitrogen and oxygen atoms in total. The predicted molar refractivity (Wildman–Crippen MR) is 106 cm³/mol. The highest BCUT2D eigenvalue weighted by atomic mass is 19.4. The van der Waals surface area contributed by atoms with Gasteiger partial charge in [0.25, 0.3) is 0 Å². The summed E-state index contributed by atoms with van der Waals surface area (Å²) in [5.41, 5.74) is 4.63. The van der Waals surface area contributed by atoms with Gasteiger partial charge in [-0.3, -0.25) is 9.69 Å². The average Bonchev–Trinajstić information content (AvgIpc) is 3.19. The highest BCUT2D eigenvalue weighted by Crippen LogP contribution is 2.49. The number of primary amides is 1. The lowest BCUT2D eigenvalue weighted by molar-refractivity contribution is -0.141. The predicted octanol–water partition coefficient (Wildman–Crippen LogP) is 3.54. The Morgan fingerprint density at radius 3 is 2.66 bits per heavy atom. The molecule has 3 rings (SSSR count). The van der Waals surface area contributed by atoms with Gasteiger partial charge in [-0.05, 0) is 63.1 Å². The topological polar surface area (TPSA) is 62.5 Å². The summed E-state index contributed by atoms with van der Waals surface area (Å²) in [7, 11) is 1.96. The second-order valence-corrected chi connectivity index (χ2v) is 9.20. The number of nitrogens with two attached hydrogens (primary N) is 1. The zero-order valence-corrected chi connectivity index (χ0v) is 17.5. The summed E-state index contributed by atoms with van der Waals surface area (Å²) in [5, 5.41) is 0. The molecule has 8 heteroatoms. The first kappa shape index (κ1) is 21.9. The molecular weight excluding hydrogens is 381 g/mol. The van der Waals surface area contributed by atoms with E-state index in [-0.39, 0.29) is 23.4 Å². The Kier molecular flexibility index (Phi) is 5.87. The van der Waals surface area contributed by atoms with Crippen molar-refractivity contribution in [2.45, 2.75) is 57.8 Å². The minimum atomic E-state index is -4.45. The Labute approximate surface area is 170 Å². The number of carbonyl (C=O) groups excluding carboxylic acids is 1.